The zero-order valence-corrected chi connectivity index (χ0v) is 16.7. The predicted octanol–water partition coefficient (Wildman–Crippen LogP) is 4.59. The van der Waals surface area contributed by atoms with Crippen LogP contribution in [-0.4, -0.2) is 36.5 Å². The zero-order valence-electron chi connectivity index (χ0n) is 16.7. The van der Waals surface area contributed by atoms with Crippen molar-refractivity contribution in [3.05, 3.63) is 46.7 Å². The van der Waals surface area contributed by atoms with Crippen molar-refractivity contribution in [3.63, 3.8) is 0 Å². The fourth-order valence-corrected chi connectivity index (χ4v) is 3.57. The molecule has 0 atom stereocenters. The summed E-state index contributed by atoms with van der Waals surface area (Å²) in [5.74, 6) is 2.79. The number of halogens is 6. The predicted molar refractivity (Wildman–Crippen MR) is 103 cm³/mol. The van der Waals surface area contributed by atoms with Gasteiger partial charge in [0.05, 0.1) is 11.1 Å². The highest BCUT2D eigenvalue weighted by atomic mass is 19.4. The number of ether oxygens (including phenoxy) is 1. The van der Waals surface area contributed by atoms with Gasteiger partial charge in [-0.1, -0.05) is 12.0 Å². The lowest BCUT2D eigenvalue weighted by molar-refractivity contribution is -0.143. The summed E-state index contributed by atoms with van der Waals surface area (Å²) >= 11 is 0. The van der Waals surface area contributed by atoms with E-state index in [0.29, 0.717) is 32.0 Å². The summed E-state index contributed by atoms with van der Waals surface area (Å²) in [6.45, 7) is 0.779. The van der Waals surface area contributed by atoms with Crippen molar-refractivity contribution in [1.29, 1.82) is 0 Å². The Morgan fingerprint density at radius 3 is 2.47 bits per heavy atom. The standard InChI is InChI=1S/C21H19F6N3O2/c1-2-7-28-18-17(32-19(31)29-18)10-13-5-8-30(9-6-13)12-14-3-4-15(20(22,23)24)11-16(14)21(25,26)27/h1,3-4,10-11,13H,5-9,12H2,(H,28,29,31). The fourth-order valence-electron chi connectivity index (χ4n) is 3.57. The molecule has 2 aliphatic rings. The maximum absolute atomic E-state index is 13.4. The Hall–Kier alpha value is -3.00. The van der Waals surface area contributed by atoms with Crippen molar-refractivity contribution in [2.75, 3.05) is 19.6 Å². The number of benzene rings is 1. The second kappa shape index (κ2) is 9.24. The van der Waals surface area contributed by atoms with Crippen molar-refractivity contribution >= 4 is 11.9 Å². The molecule has 0 spiro atoms. The van der Waals surface area contributed by atoms with Crippen molar-refractivity contribution in [2.45, 2.75) is 31.7 Å². The van der Waals surface area contributed by atoms with Gasteiger partial charge in [-0.15, -0.1) is 6.42 Å². The number of alkyl carbamates (subject to hydrolysis) is 1. The van der Waals surface area contributed by atoms with Crippen LogP contribution in [0.3, 0.4) is 0 Å². The molecule has 2 heterocycles. The first-order chi connectivity index (χ1) is 15.0. The van der Waals surface area contributed by atoms with Gasteiger partial charge in [-0.3, -0.25) is 15.2 Å². The number of nitrogens with zero attached hydrogens (tertiary/aromatic N) is 2. The van der Waals surface area contributed by atoms with E-state index in [1.165, 1.54) is 0 Å². The number of cyclic esters (lactones) is 1. The van der Waals surface area contributed by atoms with Crippen LogP contribution in [0, 0.1) is 18.3 Å². The summed E-state index contributed by atoms with van der Waals surface area (Å²) < 4.78 is 83.6. The Bertz CT molecular complexity index is 967. The maximum atomic E-state index is 13.4. The van der Waals surface area contributed by atoms with Gasteiger partial charge in [0.15, 0.2) is 11.6 Å². The number of alkyl halides is 6. The van der Waals surface area contributed by atoms with E-state index in [0.717, 1.165) is 6.07 Å². The second-order valence-corrected chi connectivity index (χ2v) is 7.40. The molecule has 2 aliphatic heterocycles. The molecule has 172 valence electrons. The molecule has 1 amide bonds. The molecular weight excluding hydrogens is 440 g/mol. The number of amidine groups is 1. The molecule has 11 heteroatoms. The average molecular weight is 459 g/mol. The number of terminal acetylenes is 1. The first kappa shape index (κ1) is 23.7. The third-order valence-electron chi connectivity index (χ3n) is 5.14. The highest BCUT2D eigenvalue weighted by molar-refractivity contribution is 6.10. The summed E-state index contributed by atoms with van der Waals surface area (Å²) in [6, 6.07) is 1.71. The Kier molecular flexibility index (Phi) is 6.83. The molecule has 2 saturated heterocycles. The average Bonchev–Trinajstić information content (AvgIpc) is 3.05. The molecule has 2 fully saturated rings. The van der Waals surface area contributed by atoms with Gasteiger partial charge in [0.1, 0.15) is 6.54 Å². The highest BCUT2D eigenvalue weighted by Gasteiger charge is 2.38. The zero-order chi connectivity index (χ0) is 23.5. The number of rotatable bonds is 4. The van der Waals surface area contributed by atoms with Gasteiger partial charge in [-0.2, -0.15) is 26.3 Å². The number of carbonyl (C=O) groups is 1. The number of allylic oxidation sites excluding steroid dienone is 1. The van der Waals surface area contributed by atoms with Crippen LogP contribution in [0.15, 0.2) is 35.0 Å². The van der Waals surface area contributed by atoms with Crippen LogP contribution in [0.1, 0.15) is 29.5 Å². The van der Waals surface area contributed by atoms with E-state index in [2.05, 4.69) is 16.2 Å². The first-order valence-electron chi connectivity index (χ1n) is 9.66. The molecule has 0 aliphatic carbocycles. The normalized spacial score (nSPS) is 21.0. The Morgan fingerprint density at radius 2 is 1.88 bits per heavy atom. The van der Waals surface area contributed by atoms with Crippen molar-refractivity contribution in [3.8, 4) is 12.3 Å². The lowest BCUT2D eigenvalue weighted by atomic mass is 9.94. The van der Waals surface area contributed by atoms with Gasteiger partial charge in [0.25, 0.3) is 0 Å². The molecule has 0 saturated carbocycles. The molecule has 0 bridgehead atoms. The number of amides is 1. The van der Waals surface area contributed by atoms with E-state index < -0.39 is 29.6 Å². The van der Waals surface area contributed by atoms with E-state index >= 15 is 0 Å². The first-order valence-corrected chi connectivity index (χ1v) is 9.66. The molecule has 0 aromatic heterocycles. The fraction of sp³-hybridized carbons (Fsp3) is 0.429. The van der Waals surface area contributed by atoms with Crippen LogP contribution in [0.2, 0.25) is 0 Å². The quantitative estimate of drug-likeness (QED) is 0.530. The lowest BCUT2D eigenvalue weighted by Crippen LogP contribution is -2.33. The monoisotopic (exact) mass is 459 g/mol. The SMILES string of the molecule is C#CCN=C1NC(=O)OC1=CC1CCN(Cc2ccc(C(F)(F)F)cc2C(F)(F)F)CC1. The van der Waals surface area contributed by atoms with Crippen LogP contribution < -0.4 is 5.32 Å². The Morgan fingerprint density at radius 1 is 1.19 bits per heavy atom. The third-order valence-corrected chi connectivity index (χ3v) is 5.14. The molecule has 1 aromatic rings. The minimum atomic E-state index is -4.90. The van der Waals surface area contributed by atoms with Crippen LogP contribution in [-0.2, 0) is 23.6 Å². The summed E-state index contributed by atoms with van der Waals surface area (Å²) in [5.41, 5.74) is -2.82. The third kappa shape index (κ3) is 5.82. The largest absolute Gasteiger partial charge is 0.418 e. The number of hydrogen-bond acceptors (Lipinski definition) is 4. The number of likely N-dealkylation sites (tertiary alicyclic amines) is 1. The van der Waals surface area contributed by atoms with Crippen LogP contribution in [0.5, 0.6) is 0 Å². The van der Waals surface area contributed by atoms with E-state index in [1.807, 2.05) is 0 Å². The van der Waals surface area contributed by atoms with Crippen molar-refractivity contribution in [2.24, 2.45) is 10.9 Å². The molecule has 1 N–H and O–H groups in total. The molecule has 32 heavy (non-hydrogen) atoms. The van der Waals surface area contributed by atoms with E-state index in [1.54, 1.807) is 11.0 Å². The summed E-state index contributed by atoms with van der Waals surface area (Å²) in [7, 11) is 0. The lowest BCUT2D eigenvalue weighted by Gasteiger charge is -2.31. The van der Waals surface area contributed by atoms with Crippen LogP contribution >= 0.6 is 0 Å². The Balaban J connectivity index is 1.68. The van der Waals surface area contributed by atoms with Crippen LogP contribution in [0.4, 0.5) is 31.1 Å². The number of piperidine rings is 1. The van der Waals surface area contributed by atoms with Gasteiger partial charge in [-0.25, -0.2) is 4.79 Å². The molecule has 1 aromatic carbocycles. The molecule has 0 unspecified atom stereocenters. The number of aliphatic imine (C=N–C) groups is 1. The second-order valence-electron chi connectivity index (χ2n) is 7.40. The number of nitrogens with one attached hydrogen (secondary N) is 1. The summed E-state index contributed by atoms with van der Waals surface area (Å²) in [4.78, 5) is 17.2. The minimum absolute atomic E-state index is 0.0142. The van der Waals surface area contributed by atoms with E-state index in [-0.39, 0.29) is 42.2 Å². The van der Waals surface area contributed by atoms with Gasteiger partial charge in [-0.05, 0) is 55.6 Å². The maximum Gasteiger partial charge on any atom is 0.418 e. The number of hydrogen-bond donors (Lipinski definition) is 1. The molecule has 0 radical (unpaired) electrons. The van der Waals surface area contributed by atoms with Crippen molar-refractivity contribution in [1.82, 2.24) is 10.2 Å². The number of carbonyl (C=O) groups excluding carboxylic acids is 1. The van der Waals surface area contributed by atoms with Gasteiger partial charge >= 0.3 is 18.4 Å². The van der Waals surface area contributed by atoms with Gasteiger partial charge in [0, 0.05) is 6.54 Å². The molecule has 5 nitrogen and oxygen atoms in total. The molecular formula is C21H19F6N3O2. The highest BCUT2D eigenvalue weighted by Crippen LogP contribution is 2.38. The van der Waals surface area contributed by atoms with E-state index in [9.17, 15) is 31.1 Å². The van der Waals surface area contributed by atoms with Crippen molar-refractivity contribution < 1.29 is 35.9 Å². The Labute approximate surface area is 180 Å². The van der Waals surface area contributed by atoms with Gasteiger partial charge in [0.2, 0.25) is 0 Å². The van der Waals surface area contributed by atoms with E-state index in [4.69, 9.17) is 11.2 Å². The molecule has 3 rings (SSSR count). The summed E-state index contributed by atoms with van der Waals surface area (Å²) in [5, 5.41) is 2.43. The smallest absolute Gasteiger partial charge is 0.406 e. The van der Waals surface area contributed by atoms with Gasteiger partial charge < -0.3 is 4.74 Å². The minimum Gasteiger partial charge on any atom is -0.406 e. The van der Waals surface area contributed by atoms with Crippen LogP contribution in [0.25, 0.3) is 0 Å². The summed E-state index contributed by atoms with van der Waals surface area (Å²) in [6.07, 6.45) is -2.42. The topological polar surface area (TPSA) is 53.9 Å².